The standard InChI is InChI=1S/C26H16Cl2F2N2O6S/c27-15-5-11-21(19(13-15)25(33)31-16-6-12-23-24(14-16)38-26(29,30)37-23)32-39(34,35)18-9-7-17(8-10-18)36-22-4-2-1-3-20(22)28/h1-14,32H,(H,31,33). The van der Waals surface area contributed by atoms with Crippen LogP contribution in [0.2, 0.25) is 10.0 Å². The molecule has 0 spiro atoms. The Morgan fingerprint density at radius 3 is 2.33 bits per heavy atom. The summed E-state index contributed by atoms with van der Waals surface area (Å²) in [4.78, 5) is 12.9. The van der Waals surface area contributed by atoms with Gasteiger partial charge in [0.15, 0.2) is 11.5 Å². The maximum Gasteiger partial charge on any atom is 0.586 e. The van der Waals surface area contributed by atoms with Crippen molar-refractivity contribution in [1.82, 2.24) is 0 Å². The number of alkyl halides is 2. The first-order chi connectivity index (χ1) is 18.5. The number of nitrogens with one attached hydrogen (secondary N) is 2. The number of carbonyl (C=O) groups is 1. The van der Waals surface area contributed by atoms with Gasteiger partial charge in [-0.25, -0.2) is 8.42 Å². The fourth-order valence-electron chi connectivity index (χ4n) is 3.56. The zero-order valence-electron chi connectivity index (χ0n) is 19.5. The highest BCUT2D eigenvalue weighted by Crippen LogP contribution is 2.42. The smallest absolute Gasteiger partial charge is 0.456 e. The summed E-state index contributed by atoms with van der Waals surface area (Å²) < 4.78 is 69.6. The van der Waals surface area contributed by atoms with Crippen molar-refractivity contribution in [1.29, 1.82) is 0 Å². The lowest BCUT2D eigenvalue weighted by Crippen LogP contribution is -2.25. The number of para-hydroxylation sites is 1. The normalized spacial score (nSPS) is 13.5. The average Bonchev–Trinajstić information content (AvgIpc) is 3.19. The third-order valence-electron chi connectivity index (χ3n) is 5.33. The van der Waals surface area contributed by atoms with Crippen molar-refractivity contribution < 1.29 is 36.2 Å². The van der Waals surface area contributed by atoms with Crippen LogP contribution in [-0.2, 0) is 10.0 Å². The molecule has 0 unspecified atom stereocenters. The molecule has 8 nitrogen and oxygen atoms in total. The predicted octanol–water partition coefficient (Wildman–Crippen LogP) is 7.16. The van der Waals surface area contributed by atoms with Crippen molar-refractivity contribution in [2.75, 3.05) is 10.0 Å². The summed E-state index contributed by atoms with van der Waals surface area (Å²) in [7, 11) is -4.15. The van der Waals surface area contributed by atoms with Crippen LogP contribution in [0.15, 0.2) is 89.8 Å². The molecule has 13 heteroatoms. The second kappa shape index (κ2) is 10.3. The highest BCUT2D eigenvalue weighted by atomic mass is 35.5. The van der Waals surface area contributed by atoms with E-state index in [2.05, 4.69) is 19.5 Å². The van der Waals surface area contributed by atoms with Gasteiger partial charge in [-0.15, -0.1) is 8.78 Å². The molecule has 0 aliphatic carbocycles. The van der Waals surface area contributed by atoms with Gasteiger partial charge < -0.3 is 19.5 Å². The van der Waals surface area contributed by atoms with Gasteiger partial charge in [0.1, 0.15) is 11.5 Å². The van der Waals surface area contributed by atoms with Gasteiger partial charge in [0.05, 0.1) is 21.2 Å². The van der Waals surface area contributed by atoms with Gasteiger partial charge in [0.25, 0.3) is 15.9 Å². The largest absolute Gasteiger partial charge is 0.586 e. The molecule has 1 heterocycles. The fraction of sp³-hybridized carbons (Fsp3) is 0.0385. The summed E-state index contributed by atoms with van der Waals surface area (Å²) in [5.74, 6) is -0.468. The van der Waals surface area contributed by atoms with E-state index >= 15 is 0 Å². The van der Waals surface area contributed by atoms with Gasteiger partial charge in [-0.2, -0.15) is 0 Å². The number of carbonyl (C=O) groups excluding carboxylic acids is 1. The minimum Gasteiger partial charge on any atom is -0.456 e. The zero-order chi connectivity index (χ0) is 27.8. The Bertz CT molecular complexity index is 1680. The van der Waals surface area contributed by atoms with E-state index in [1.165, 1.54) is 54.6 Å². The first-order valence-electron chi connectivity index (χ1n) is 11.1. The molecule has 0 fully saturated rings. The van der Waals surface area contributed by atoms with Crippen LogP contribution in [0.25, 0.3) is 0 Å². The summed E-state index contributed by atoms with van der Waals surface area (Å²) in [6.07, 6.45) is -3.82. The van der Waals surface area contributed by atoms with Crippen LogP contribution in [0.5, 0.6) is 23.0 Å². The molecule has 0 bridgehead atoms. The lowest BCUT2D eigenvalue weighted by atomic mass is 10.1. The number of amides is 1. The molecule has 1 aliphatic heterocycles. The predicted molar refractivity (Wildman–Crippen MR) is 141 cm³/mol. The van der Waals surface area contributed by atoms with Crippen molar-refractivity contribution in [2.24, 2.45) is 0 Å². The molecule has 39 heavy (non-hydrogen) atoms. The molecule has 4 aromatic carbocycles. The molecule has 0 saturated carbocycles. The molecule has 0 radical (unpaired) electrons. The van der Waals surface area contributed by atoms with Gasteiger partial charge in [-0.1, -0.05) is 35.3 Å². The van der Waals surface area contributed by atoms with Gasteiger partial charge in [0, 0.05) is 16.8 Å². The number of fused-ring (bicyclic) bond motifs is 1. The Labute approximate surface area is 231 Å². The van der Waals surface area contributed by atoms with Crippen LogP contribution >= 0.6 is 23.2 Å². The third kappa shape index (κ3) is 6.00. The first kappa shape index (κ1) is 26.5. The van der Waals surface area contributed by atoms with E-state index in [9.17, 15) is 22.0 Å². The van der Waals surface area contributed by atoms with Crippen LogP contribution < -0.4 is 24.2 Å². The van der Waals surface area contributed by atoms with Crippen molar-refractivity contribution in [3.05, 3.63) is 101 Å². The molecule has 5 rings (SSSR count). The molecular formula is C26H16Cl2F2N2O6S. The van der Waals surface area contributed by atoms with Gasteiger partial charge in [-0.3, -0.25) is 9.52 Å². The number of sulfonamides is 1. The lowest BCUT2D eigenvalue weighted by molar-refractivity contribution is -0.286. The Hall–Kier alpha value is -4.06. The molecule has 0 saturated heterocycles. The summed E-state index contributed by atoms with van der Waals surface area (Å²) in [5.41, 5.74) is -0.0868. The number of ether oxygens (including phenoxy) is 3. The van der Waals surface area contributed by atoms with E-state index in [-0.39, 0.29) is 38.4 Å². The van der Waals surface area contributed by atoms with E-state index in [0.717, 1.165) is 6.07 Å². The molecule has 0 atom stereocenters. The lowest BCUT2D eigenvalue weighted by Gasteiger charge is -2.14. The van der Waals surface area contributed by atoms with Gasteiger partial charge in [-0.05, 0) is 66.7 Å². The highest BCUT2D eigenvalue weighted by Gasteiger charge is 2.43. The molecule has 200 valence electrons. The maximum atomic E-state index is 13.3. The van der Waals surface area contributed by atoms with Crippen LogP contribution in [0.3, 0.4) is 0 Å². The Morgan fingerprint density at radius 1 is 0.872 bits per heavy atom. The summed E-state index contributed by atoms with van der Waals surface area (Å²) >= 11 is 12.1. The van der Waals surface area contributed by atoms with E-state index in [4.69, 9.17) is 27.9 Å². The van der Waals surface area contributed by atoms with E-state index < -0.39 is 22.2 Å². The molecule has 1 aliphatic rings. The van der Waals surface area contributed by atoms with Crippen molar-refractivity contribution in [2.45, 2.75) is 11.2 Å². The summed E-state index contributed by atoms with van der Waals surface area (Å²) in [6, 6.07) is 20.0. The SMILES string of the molecule is O=C(Nc1ccc2c(c1)OC(F)(F)O2)c1cc(Cl)ccc1NS(=O)(=O)c1ccc(Oc2ccccc2Cl)cc1. The number of hydrogen-bond acceptors (Lipinski definition) is 6. The molecule has 0 aromatic heterocycles. The number of halogens is 4. The second-order valence-electron chi connectivity index (χ2n) is 8.08. The van der Waals surface area contributed by atoms with E-state index in [1.54, 1.807) is 24.3 Å². The second-order valence-corrected chi connectivity index (χ2v) is 10.6. The van der Waals surface area contributed by atoms with Crippen molar-refractivity contribution in [3.8, 4) is 23.0 Å². The van der Waals surface area contributed by atoms with Gasteiger partial charge >= 0.3 is 6.29 Å². The van der Waals surface area contributed by atoms with Crippen LogP contribution in [-0.4, -0.2) is 20.6 Å². The average molecular weight is 593 g/mol. The summed E-state index contributed by atoms with van der Waals surface area (Å²) in [5, 5.41) is 3.06. The molecule has 4 aromatic rings. The number of rotatable bonds is 7. The first-order valence-corrected chi connectivity index (χ1v) is 13.3. The topological polar surface area (TPSA) is 103 Å². The minimum absolute atomic E-state index is 0.0689. The maximum absolute atomic E-state index is 13.3. The van der Waals surface area contributed by atoms with Gasteiger partial charge in [0.2, 0.25) is 0 Å². The zero-order valence-corrected chi connectivity index (χ0v) is 21.8. The van der Waals surface area contributed by atoms with E-state index in [1.807, 2.05) is 0 Å². The number of anilines is 2. The fourth-order valence-corrected chi connectivity index (χ4v) is 4.99. The highest BCUT2D eigenvalue weighted by molar-refractivity contribution is 7.92. The third-order valence-corrected chi connectivity index (χ3v) is 7.26. The van der Waals surface area contributed by atoms with Crippen LogP contribution in [0.4, 0.5) is 20.2 Å². The minimum atomic E-state index is -4.15. The number of benzene rings is 4. The summed E-state index contributed by atoms with van der Waals surface area (Å²) in [6.45, 7) is 0. The monoisotopic (exact) mass is 592 g/mol. The van der Waals surface area contributed by atoms with Crippen LogP contribution in [0, 0.1) is 0 Å². The van der Waals surface area contributed by atoms with E-state index in [0.29, 0.717) is 16.5 Å². The quantitative estimate of drug-likeness (QED) is 0.236. The number of hydrogen-bond donors (Lipinski definition) is 2. The van der Waals surface area contributed by atoms with Crippen LogP contribution in [0.1, 0.15) is 10.4 Å². The molecular weight excluding hydrogens is 577 g/mol. The Kier molecular flexibility index (Phi) is 6.98. The molecule has 2 N–H and O–H groups in total. The Balaban J connectivity index is 1.34. The van der Waals surface area contributed by atoms with Crippen molar-refractivity contribution in [3.63, 3.8) is 0 Å². The Morgan fingerprint density at radius 2 is 1.59 bits per heavy atom. The molecule has 1 amide bonds. The van der Waals surface area contributed by atoms with Crippen molar-refractivity contribution >= 4 is 50.5 Å².